The number of likely N-dealkylation sites (N-methyl/N-ethyl adjacent to an activating group) is 1. The Morgan fingerprint density at radius 2 is 1.73 bits per heavy atom. The molecule has 4 aliphatic carbocycles. The number of primary amides is 1. The molecule has 6 atom stereocenters. The van der Waals surface area contributed by atoms with Gasteiger partial charge in [0.1, 0.15) is 28.9 Å². The van der Waals surface area contributed by atoms with Crippen molar-refractivity contribution in [3.05, 3.63) is 43.7 Å². The number of rotatable bonds is 4. The number of benzene rings is 1. The Bertz CT molecular complexity index is 1430. The van der Waals surface area contributed by atoms with Gasteiger partial charge in [-0.25, -0.2) is 0 Å². The monoisotopic (exact) mass is 680 g/mol. The minimum absolute atomic E-state index is 0.0157. The molecule has 0 aromatic heterocycles. The third kappa shape index (κ3) is 4.20. The Labute approximate surface area is 250 Å². The smallest absolute Gasteiger partial charge is 0.309 e. The van der Waals surface area contributed by atoms with E-state index in [4.69, 9.17) is 10.5 Å². The second kappa shape index (κ2) is 10.4. The molecule has 2 fully saturated rings. The molecule has 1 aromatic carbocycles. The van der Waals surface area contributed by atoms with Crippen LogP contribution in [0.5, 0.6) is 5.75 Å². The summed E-state index contributed by atoms with van der Waals surface area (Å²) < 4.78 is 6.84. The molecule has 6 N–H and O–H groups in total. The summed E-state index contributed by atoms with van der Waals surface area (Å²) in [6, 6.07) is 1.61. The molecule has 11 nitrogen and oxygen atoms in total. The first-order valence-corrected chi connectivity index (χ1v) is 14.7. The number of hydrogen-bond acceptors (Lipinski definition) is 10. The SMILES string of the molecule is C[C@@H]1c2c(I)ccc(O)c2C(O)=C2C(=O)[C@@]3(O)C(O)=C(C(N)=O)C(=O)[C@H](N(C)C)[C@H]3[C@H](OC(=O)C3CCCCC3)[C@H]21. The number of halogens is 1. The van der Waals surface area contributed by atoms with E-state index in [0.29, 0.717) is 22.0 Å². The van der Waals surface area contributed by atoms with Crippen molar-refractivity contribution in [3.63, 3.8) is 0 Å². The lowest BCUT2D eigenvalue weighted by molar-refractivity contribution is -0.188. The molecule has 220 valence electrons. The van der Waals surface area contributed by atoms with Gasteiger partial charge in [0.15, 0.2) is 11.4 Å². The summed E-state index contributed by atoms with van der Waals surface area (Å²) >= 11 is 2.04. The zero-order valence-electron chi connectivity index (χ0n) is 22.9. The van der Waals surface area contributed by atoms with E-state index in [-0.39, 0.29) is 16.9 Å². The number of carbonyl (C=O) groups excluding carboxylic acids is 4. The molecule has 0 aliphatic heterocycles. The summed E-state index contributed by atoms with van der Waals surface area (Å²) in [5.74, 6) is -9.87. The highest BCUT2D eigenvalue weighted by Crippen LogP contribution is 2.57. The summed E-state index contributed by atoms with van der Waals surface area (Å²) in [4.78, 5) is 55.3. The zero-order chi connectivity index (χ0) is 30.1. The van der Waals surface area contributed by atoms with Crippen molar-refractivity contribution in [3.8, 4) is 5.75 Å². The van der Waals surface area contributed by atoms with Crippen molar-refractivity contribution in [1.82, 2.24) is 4.90 Å². The first-order valence-electron chi connectivity index (χ1n) is 13.6. The summed E-state index contributed by atoms with van der Waals surface area (Å²) in [7, 11) is 3.00. The van der Waals surface area contributed by atoms with Crippen LogP contribution in [-0.4, -0.2) is 80.6 Å². The van der Waals surface area contributed by atoms with E-state index in [1.54, 1.807) is 13.0 Å². The van der Waals surface area contributed by atoms with Gasteiger partial charge < -0.3 is 30.9 Å². The van der Waals surface area contributed by atoms with Crippen molar-refractivity contribution >= 4 is 51.8 Å². The van der Waals surface area contributed by atoms with Gasteiger partial charge >= 0.3 is 5.97 Å². The predicted molar refractivity (Wildman–Crippen MR) is 154 cm³/mol. The van der Waals surface area contributed by atoms with Crippen LogP contribution in [0.25, 0.3) is 5.76 Å². The largest absolute Gasteiger partial charge is 0.508 e. The molecular formula is C29H33IN2O9. The average Bonchev–Trinajstić information content (AvgIpc) is 2.91. The number of nitrogens with zero attached hydrogens (tertiary/aromatic N) is 1. The Morgan fingerprint density at radius 1 is 1.10 bits per heavy atom. The lowest BCUT2D eigenvalue weighted by atomic mass is 9.54. The topological polar surface area (TPSA) is 188 Å². The van der Waals surface area contributed by atoms with E-state index in [1.807, 2.05) is 22.6 Å². The van der Waals surface area contributed by atoms with Crippen molar-refractivity contribution in [2.45, 2.75) is 62.7 Å². The van der Waals surface area contributed by atoms with Crippen LogP contribution in [0.4, 0.5) is 0 Å². The van der Waals surface area contributed by atoms with Crippen LogP contribution < -0.4 is 5.73 Å². The number of Topliss-reactive ketones (excluding diaryl/α,β-unsaturated/α-hetero) is 2. The Hall–Kier alpha value is -2.97. The lowest BCUT2D eigenvalue weighted by Gasteiger charge is -2.54. The maximum absolute atomic E-state index is 14.3. The summed E-state index contributed by atoms with van der Waals surface area (Å²) in [5, 5.41) is 45.6. The summed E-state index contributed by atoms with van der Waals surface area (Å²) in [5.41, 5.74) is 1.67. The molecule has 5 rings (SSSR count). The number of nitrogens with two attached hydrogens (primary N) is 1. The number of esters is 1. The van der Waals surface area contributed by atoms with E-state index in [9.17, 15) is 39.6 Å². The number of hydrogen-bond donors (Lipinski definition) is 5. The third-order valence-electron chi connectivity index (χ3n) is 9.22. The zero-order valence-corrected chi connectivity index (χ0v) is 25.0. The molecule has 0 heterocycles. The number of aromatic hydroxyl groups is 1. The maximum atomic E-state index is 14.3. The van der Waals surface area contributed by atoms with Gasteiger partial charge in [0, 0.05) is 15.1 Å². The summed E-state index contributed by atoms with van der Waals surface area (Å²) in [6.45, 7) is 1.75. The van der Waals surface area contributed by atoms with Gasteiger partial charge in [-0.05, 0) is 73.1 Å². The van der Waals surface area contributed by atoms with Crippen molar-refractivity contribution in [1.29, 1.82) is 0 Å². The summed E-state index contributed by atoms with van der Waals surface area (Å²) in [6.07, 6.45) is 2.44. The van der Waals surface area contributed by atoms with Crippen LogP contribution in [0.1, 0.15) is 56.1 Å². The van der Waals surface area contributed by atoms with Crippen molar-refractivity contribution in [2.24, 2.45) is 23.5 Å². The molecule has 0 saturated heterocycles. The van der Waals surface area contributed by atoms with Crippen LogP contribution >= 0.6 is 22.6 Å². The molecule has 4 aliphatic rings. The highest BCUT2D eigenvalue weighted by atomic mass is 127. The number of amides is 1. The molecule has 12 heteroatoms. The van der Waals surface area contributed by atoms with E-state index in [1.165, 1.54) is 25.1 Å². The van der Waals surface area contributed by atoms with E-state index >= 15 is 0 Å². The van der Waals surface area contributed by atoms with Crippen molar-refractivity contribution < 1.29 is 44.3 Å². The number of aliphatic hydroxyl groups excluding tert-OH is 2. The highest BCUT2D eigenvalue weighted by molar-refractivity contribution is 14.1. The second-order valence-corrected chi connectivity index (χ2v) is 12.8. The van der Waals surface area contributed by atoms with Gasteiger partial charge in [-0.15, -0.1) is 0 Å². The van der Waals surface area contributed by atoms with Gasteiger partial charge in [-0.2, -0.15) is 0 Å². The Kier molecular flexibility index (Phi) is 7.48. The minimum atomic E-state index is -2.95. The number of phenolic OH excluding ortho intramolecular Hbond substituents is 1. The molecule has 1 aromatic rings. The van der Waals surface area contributed by atoms with Crippen LogP contribution in [0.3, 0.4) is 0 Å². The van der Waals surface area contributed by atoms with Crippen LogP contribution in [0.15, 0.2) is 29.0 Å². The normalized spacial score (nSPS) is 32.0. The molecular weight excluding hydrogens is 647 g/mol. The van der Waals surface area contributed by atoms with Crippen LogP contribution in [0, 0.1) is 21.3 Å². The number of carbonyl (C=O) groups is 4. The van der Waals surface area contributed by atoms with E-state index in [0.717, 1.165) is 19.3 Å². The fourth-order valence-corrected chi connectivity index (χ4v) is 8.27. The molecule has 0 unspecified atom stereocenters. The fourth-order valence-electron chi connectivity index (χ4n) is 7.33. The highest BCUT2D eigenvalue weighted by Gasteiger charge is 2.69. The standard InChI is InChI=1S/C29H33IN2O9/c1-11-15-13(30)9-10-14(33)17(15)22(34)18-16(11)24(41-28(39)12-7-5-4-6-8-12)20-21(32(2)3)23(35)19(27(31)38)26(37)29(20,40)25(18)36/h9-12,16,20-21,24,33-34,37,40H,4-8H2,1-3H3,(H2,31,38)/t11-,16+,20+,21-,24-,29-/m1/s1. The minimum Gasteiger partial charge on any atom is -0.508 e. The van der Waals surface area contributed by atoms with Gasteiger partial charge in [0.05, 0.1) is 23.4 Å². The first kappa shape index (κ1) is 29.5. The van der Waals surface area contributed by atoms with Crippen molar-refractivity contribution in [2.75, 3.05) is 14.1 Å². The quantitative estimate of drug-likeness (QED) is 0.179. The lowest BCUT2D eigenvalue weighted by Crippen LogP contribution is -2.71. The van der Waals surface area contributed by atoms with E-state index in [2.05, 4.69) is 0 Å². The van der Waals surface area contributed by atoms with Crippen LogP contribution in [0.2, 0.25) is 0 Å². The number of aliphatic hydroxyl groups is 3. The number of ketones is 2. The number of phenols is 1. The molecule has 0 radical (unpaired) electrons. The average molecular weight is 680 g/mol. The second-order valence-electron chi connectivity index (χ2n) is 11.7. The van der Waals surface area contributed by atoms with Crippen LogP contribution in [-0.2, 0) is 23.9 Å². The van der Waals surface area contributed by atoms with Gasteiger partial charge in [0.2, 0.25) is 5.78 Å². The first-order chi connectivity index (χ1) is 19.2. The maximum Gasteiger partial charge on any atom is 0.309 e. The molecule has 41 heavy (non-hydrogen) atoms. The Morgan fingerprint density at radius 3 is 2.32 bits per heavy atom. The van der Waals surface area contributed by atoms with Gasteiger partial charge in [-0.3, -0.25) is 24.1 Å². The molecule has 0 spiro atoms. The Balaban J connectivity index is 1.81. The van der Waals surface area contributed by atoms with E-state index < -0.39 is 82.0 Å². The molecule has 2 saturated carbocycles. The van der Waals surface area contributed by atoms with Gasteiger partial charge in [0.25, 0.3) is 5.91 Å². The molecule has 0 bridgehead atoms. The fraction of sp³-hybridized carbons (Fsp3) is 0.517. The number of ether oxygens (including phenoxy) is 1. The number of fused-ring (bicyclic) bond motifs is 3. The van der Waals surface area contributed by atoms with Gasteiger partial charge in [-0.1, -0.05) is 26.2 Å². The predicted octanol–water partition coefficient (Wildman–Crippen LogP) is 2.23. The third-order valence-corrected chi connectivity index (χ3v) is 10.2. The molecule has 1 amide bonds.